The molecule has 0 saturated heterocycles. The van der Waals surface area contributed by atoms with Crippen LogP contribution in [0.3, 0.4) is 0 Å². The molecule has 0 bridgehead atoms. The molecule has 4 heteroatoms. The highest BCUT2D eigenvalue weighted by Crippen LogP contribution is 2.36. The maximum Gasteiger partial charge on any atom is 0.348 e. The van der Waals surface area contributed by atoms with Crippen LogP contribution in [0.2, 0.25) is 0 Å². The Hall–Kier alpha value is -1.13. The van der Waals surface area contributed by atoms with Crippen molar-refractivity contribution in [3.8, 4) is 0 Å². The lowest BCUT2D eigenvalue weighted by molar-refractivity contribution is -0.161. The Bertz CT molecular complexity index is 409. The molecule has 1 unspecified atom stereocenters. The average Bonchev–Trinajstić information content (AvgIpc) is 2.89. The van der Waals surface area contributed by atoms with Crippen LogP contribution in [0.1, 0.15) is 38.5 Å². The van der Waals surface area contributed by atoms with E-state index in [-0.39, 0.29) is 6.61 Å². The Kier molecular flexibility index (Phi) is 5.56. The molecule has 0 aromatic carbocycles. The zero-order chi connectivity index (χ0) is 13.6. The van der Waals surface area contributed by atoms with Crippen molar-refractivity contribution >= 4 is 17.3 Å². The average molecular weight is 268 g/mol. The van der Waals surface area contributed by atoms with E-state index < -0.39 is 11.6 Å². The van der Waals surface area contributed by atoms with Gasteiger partial charge in [-0.15, -0.1) is 11.3 Å². The number of hydrogen-bond acceptors (Lipinski definition) is 4. The lowest BCUT2D eigenvalue weighted by Gasteiger charge is -2.27. The van der Waals surface area contributed by atoms with Crippen molar-refractivity contribution in [1.82, 2.24) is 0 Å². The topological polar surface area (TPSA) is 46.5 Å². The van der Waals surface area contributed by atoms with Crippen LogP contribution in [-0.2, 0) is 15.1 Å². The van der Waals surface area contributed by atoms with Gasteiger partial charge in [0.2, 0.25) is 5.60 Å². The van der Waals surface area contributed by atoms with Crippen molar-refractivity contribution in [1.29, 1.82) is 0 Å². The second-order valence-electron chi connectivity index (χ2n) is 3.90. The van der Waals surface area contributed by atoms with Crippen LogP contribution >= 0.6 is 11.3 Å². The molecular weight excluding hydrogens is 248 g/mol. The summed E-state index contributed by atoms with van der Waals surface area (Å²) in [7, 11) is 0. The second kappa shape index (κ2) is 6.71. The van der Waals surface area contributed by atoms with Gasteiger partial charge in [0.25, 0.3) is 0 Å². The Balaban J connectivity index is 3.25. The van der Waals surface area contributed by atoms with Crippen molar-refractivity contribution < 1.29 is 14.6 Å². The first-order valence-electron chi connectivity index (χ1n) is 6.24. The Labute approximate surface area is 112 Å². The summed E-state index contributed by atoms with van der Waals surface area (Å²) in [6, 6.07) is 3.59. The predicted octanol–water partition coefficient (Wildman–Crippen LogP) is 3.25. The van der Waals surface area contributed by atoms with Gasteiger partial charge in [-0.3, -0.25) is 0 Å². The molecule has 0 aliphatic heterocycles. The minimum Gasteiger partial charge on any atom is -0.463 e. The SMILES string of the molecule is CC/C=C(\CC)C(O)(C(=O)OCC)c1cccs1. The van der Waals surface area contributed by atoms with Crippen molar-refractivity contribution in [3.05, 3.63) is 34.0 Å². The minimum atomic E-state index is -1.63. The van der Waals surface area contributed by atoms with Crippen LogP contribution in [0.25, 0.3) is 0 Å². The molecule has 0 aliphatic rings. The zero-order valence-electron chi connectivity index (χ0n) is 11.1. The first-order chi connectivity index (χ1) is 8.61. The normalized spacial score (nSPS) is 15.2. The van der Waals surface area contributed by atoms with Crippen molar-refractivity contribution in [2.75, 3.05) is 6.61 Å². The highest BCUT2D eigenvalue weighted by atomic mass is 32.1. The number of hydrogen-bond donors (Lipinski definition) is 1. The van der Waals surface area contributed by atoms with Crippen LogP contribution in [0.15, 0.2) is 29.2 Å². The molecule has 1 N–H and O–H groups in total. The van der Waals surface area contributed by atoms with Crippen LogP contribution < -0.4 is 0 Å². The van der Waals surface area contributed by atoms with Gasteiger partial charge in [-0.05, 0) is 36.8 Å². The number of allylic oxidation sites excluding steroid dienone is 1. The fourth-order valence-corrected chi connectivity index (χ4v) is 2.75. The summed E-state index contributed by atoms with van der Waals surface area (Å²) < 4.78 is 5.04. The van der Waals surface area contributed by atoms with Gasteiger partial charge in [-0.1, -0.05) is 26.0 Å². The molecule has 1 heterocycles. The number of thiophene rings is 1. The third-order valence-corrected chi connectivity index (χ3v) is 3.72. The quantitative estimate of drug-likeness (QED) is 0.636. The maximum absolute atomic E-state index is 12.1. The summed E-state index contributed by atoms with van der Waals surface area (Å²) in [6.07, 6.45) is 3.29. The predicted molar refractivity (Wildman–Crippen MR) is 73.5 cm³/mol. The lowest BCUT2D eigenvalue weighted by Crippen LogP contribution is -2.38. The Morgan fingerprint density at radius 2 is 2.22 bits per heavy atom. The number of carbonyl (C=O) groups excluding carboxylic acids is 1. The van der Waals surface area contributed by atoms with E-state index in [1.807, 2.05) is 31.4 Å². The third-order valence-electron chi connectivity index (χ3n) is 2.74. The first kappa shape index (κ1) is 14.9. The van der Waals surface area contributed by atoms with E-state index in [4.69, 9.17) is 4.74 Å². The summed E-state index contributed by atoms with van der Waals surface area (Å²) in [5, 5.41) is 12.7. The minimum absolute atomic E-state index is 0.260. The van der Waals surface area contributed by atoms with E-state index >= 15 is 0 Å². The van der Waals surface area contributed by atoms with Gasteiger partial charge in [-0.25, -0.2) is 4.79 Å². The third kappa shape index (κ3) is 2.82. The number of rotatable bonds is 6. The summed E-state index contributed by atoms with van der Waals surface area (Å²) in [5.74, 6) is -0.589. The van der Waals surface area contributed by atoms with Gasteiger partial charge in [0, 0.05) is 0 Å². The van der Waals surface area contributed by atoms with Crippen molar-refractivity contribution in [2.24, 2.45) is 0 Å². The molecular formula is C14H20O3S. The Morgan fingerprint density at radius 1 is 1.50 bits per heavy atom. The number of esters is 1. The molecule has 0 saturated carbocycles. The van der Waals surface area contributed by atoms with Crippen LogP contribution in [0.4, 0.5) is 0 Å². The molecule has 0 amide bonds. The number of ether oxygens (including phenoxy) is 1. The monoisotopic (exact) mass is 268 g/mol. The summed E-state index contributed by atoms with van der Waals surface area (Å²) in [5.41, 5.74) is -0.930. The van der Waals surface area contributed by atoms with Crippen molar-refractivity contribution in [2.45, 2.75) is 39.2 Å². The van der Waals surface area contributed by atoms with Gasteiger partial charge < -0.3 is 9.84 Å². The molecule has 1 aromatic heterocycles. The first-order valence-corrected chi connectivity index (χ1v) is 7.12. The van der Waals surface area contributed by atoms with Crippen molar-refractivity contribution in [3.63, 3.8) is 0 Å². The molecule has 3 nitrogen and oxygen atoms in total. The fraction of sp³-hybridized carbons (Fsp3) is 0.500. The van der Waals surface area contributed by atoms with Gasteiger partial charge in [0.1, 0.15) is 0 Å². The van der Waals surface area contributed by atoms with Crippen LogP contribution in [-0.4, -0.2) is 17.7 Å². The lowest BCUT2D eigenvalue weighted by atomic mass is 9.89. The second-order valence-corrected chi connectivity index (χ2v) is 4.85. The van der Waals surface area contributed by atoms with Crippen LogP contribution in [0, 0.1) is 0 Å². The van der Waals surface area contributed by atoms with E-state index in [2.05, 4.69) is 0 Å². The smallest absolute Gasteiger partial charge is 0.348 e. The molecule has 18 heavy (non-hydrogen) atoms. The van der Waals surface area contributed by atoms with E-state index in [9.17, 15) is 9.90 Å². The molecule has 0 aliphatic carbocycles. The van der Waals surface area contributed by atoms with Gasteiger partial charge in [0.05, 0.1) is 11.5 Å². The van der Waals surface area contributed by atoms with Crippen LogP contribution in [0.5, 0.6) is 0 Å². The zero-order valence-corrected chi connectivity index (χ0v) is 11.9. The summed E-state index contributed by atoms with van der Waals surface area (Å²) >= 11 is 1.36. The van der Waals surface area contributed by atoms with Gasteiger partial charge in [0.15, 0.2) is 0 Å². The summed E-state index contributed by atoms with van der Waals surface area (Å²) in [4.78, 5) is 12.7. The summed E-state index contributed by atoms with van der Waals surface area (Å²) in [6.45, 7) is 5.91. The number of carbonyl (C=O) groups is 1. The number of aliphatic hydroxyl groups is 1. The molecule has 1 atom stereocenters. The largest absolute Gasteiger partial charge is 0.463 e. The highest BCUT2D eigenvalue weighted by molar-refractivity contribution is 7.10. The van der Waals surface area contributed by atoms with Gasteiger partial charge in [-0.2, -0.15) is 0 Å². The highest BCUT2D eigenvalue weighted by Gasteiger charge is 2.43. The van der Waals surface area contributed by atoms with E-state index in [0.29, 0.717) is 16.9 Å². The molecule has 1 rings (SSSR count). The standard InChI is InChI=1S/C14H20O3S/c1-4-8-11(5-2)14(16,13(15)17-6-3)12-9-7-10-18-12/h7-10,16H,4-6H2,1-3H3/b11-8+. The van der Waals surface area contributed by atoms with E-state index in [1.54, 1.807) is 13.0 Å². The molecule has 1 aromatic rings. The molecule has 0 radical (unpaired) electrons. The fourth-order valence-electron chi connectivity index (χ4n) is 1.90. The van der Waals surface area contributed by atoms with E-state index in [0.717, 1.165) is 6.42 Å². The maximum atomic E-state index is 12.1. The van der Waals surface area contributed by atoms with E-state index in [1.165, 1.54) is 11.3 Å². The Morgan fingerprint density at radius 3 is 2.67 bits per heavy atom. The molecule has 0 spiro atoms. The molecule has 0 fully saturated rings. The molecule has 100 valence electrons. The van der Waals surface area contributed by atoms with Gasteiger partial charge >= 0.3 is 5.97 Å².